The summed E-state index contributed by atoms with van der Waals surface area (Å²) in [4.78, 5) is 0. The van der Waals surface area contributed by atoms with Gasteiger partial charge in [0.25, 0.3) is 0 Å². The molecule has 62 valence electrons. The van der Waals surface area contributed by atoms with Gasteiger partial charge >= 0.3 is 0 Å². The number of unbranched alkanes of at least 4 members (excludes halogenated alkanes) is 1. The fourth-order valence-electron chi connectivity index (χ4n) is 1.12. The van der Waals surface area contributed by atoms with E-state index in [0.29, 0.717) is 6.42 Å². The predicted octanol–water partition coefficient (Wildman–Crippen LogP) is 2.12. The van der Waals surface area contributed by atoms with E-state index in [9.17, 15) is 0 Å². The molecule has 0 aliphatic carbocycles. The van der Waals surface area contributed by atoms with Crippen LogP contribution in [0, 0.1) is 11.3 Å². The highest BCUT2D eigenvalue weighted by Crippen LogP contribution is 2.09. The van der Waals surface area contributed by atoms with Crippen molar-refractivity contribution in [3.8, 4) is 6.07 Å². The quantitative estimate of drug-likeness (QED) is 0.544. The molecule has 2 nitrogen and oxygen atoms in total. The molecule has 0 aliphatic rings. The van der Waals surface area contributed by atoms with Gasteiger partial charge in [-0.2, -0.15) is 5.26 Å². The number of hydrogen-bond donors (Lipinski definition) is 1. The molecule has 1 aromatic rings. The number of nitrogens with two attached hydrogens (primary N) is 1. The van der Waals surface area contributed by atoms with Crippen molar-refractivity contribution >= 4 is 5.69 Å². The molecule has 0 spiro atoms. The first-order chi connectivity index (χ1) is 5.83. The third-order valence-electron chi connectivity index (χ3n) is 1.71. The van der Waals surface area contributed by atoms with Crippen LogP contribution in [0.1, 0.15) is 18.4 Å². The van der Waals surface area contributed by atoms with Crippen LogP contribution in [-0.2, 0) is 6.42 Å². The summed E-state index contributed by atoms with van der Waals surface area (Å²) in [6.07, 6.45) is 2.48. The number of anilines is 1. The maximum atomic E-state index is 8.32. The Bertz CT molecular complexity index is 286. The molecule has 2 heteroatoms. The zero-order valence-corrected chi connectivity index (χ0v) is 6.96. The van der Waals surface area contributed by atoms with Gasteiger partial charge in [0.15, 0.2) is 0 Å². The minimum atomic E-state index is 0.620. The van der Waals surface area contributed by atoms with Gasteiger partial charge in [0, 0.05) is 12.1 Å². The van der Waals surface area contributed by atoms with E-state index in [1.54, 1.807) is 0 Å². The number of nitriles is 1. The van der Waals surface area contributed by atoms with Crippen molar-refractivity contribution in [1.29, 1.82) is 5.26 Å². The van der Waals surface area contributed by atoms with E-state index in [1.807, 2.05) is 24.3 Å². The number of benzene rings is 1. The van der Waals surface area contributed by atoms with Crippen molar-refractivity contribution in [3.63, 3.8) is 0 Å². The van der Waals surface area contributed by atoms with Crippen LogP contribution in [0.3, 0.4) is 0 Å². The monoisotopic (exact) mass is 160 g/mol. The minimum Gasteiger partial charge on any atom is -0.399 e. The van der Waals surface area contributed by atoms with Gasteiger partial charge in [-0.05, 0) is 30.5 Å². The van der Waals surface area contributed by atoms with E-state index in [-0.39, 0.29) is 0 Å². The zero-order valence-electron chi connectivity index (χ0n) is 6.96. The Morgan fingerprint density at radius 1 is 1.42 bits per heavy atom. The average molecular weight is 160 g/mol. The molecule has 0 aromatic heterocycles. The molecule has 2 N–H and O–H groups in total. The fourth-order valence-corrected chi connectivity index (χ4v) is 1.12. The molecule has 0 atom stereocenters. The lowest BCUT2D eigenvalue weighted by atomic mass is 10.1. The van der Waals surface area contributed by atoms with E-state index in [4.69, 9.17) is 11.0 Å². The van der Waals surface area contributed by atoms with E-state index in [1.165, 1.54) is 5.56 Å². The lowest BCUT2D eigenvalue weighted by Gasteiger charge is -1.99. The first-order valence-electron chi connectivity index (χ1n) is 4.04. The lowest BCUT2D eigenvalue weighted by Crippen LogP contribution is -1.88. The number of rotatable bonds is 3. The summed E-state index contributed by atoms with van der Waals surface area (Å²) in [5.74, 6) is 0. The van der Waals surface area contributed by atoms with Crippen molar-refractivity contribution in [1.82, 2.24) is 0 Å². The van der Waals surface area contributed by atoms with Gasteiger partial charge in [-0.1, -0.05) is 12.1 Å². The predicted molar refractivity (Wildman–Crippen MR) is 49.4 cm³/mol. The lowest BCUT2D eigenvalue weighted by molar-refractivity contribution is 0.851. The summed E-state index contributed by atoms with van der Waals surface area (Å²) in [6.45, 7) is 0. The molecular weight excluding hydrogens is 148 g/mol. The molecule has 0 saturated carbocycles. The van der Waals surface area contributed by atoms with Crippen molar-refractivity contribution in [2.24, 2.45) is 0 Å². The van der Waals surface area contributed by atoms with Crippen LogP contribution < -0.4 is 5.73 Å². The number of hydrogen-bond acceptors (Lipinski definition) is 2. The second-order valence-corrected chi connectivity index (χ2v) is 2.76. The molecule has 12 heavy (non-hydrogen) atoms. The van der Waals surface area contributed by atoms with Gasteiger partial charge in [0.1, 0.15) is 0 Å². The van der Waals surface area contributed by atoms with E-state index < -0.39 is 0 Å². The molecule has 0 heterocycles. The van der Waals surface area contributed by atoms with Crippen LogP contribution in [0.4, 0.5) is 5.69 Å². The number of aryl methyl sites for hydroxylation is 1. The number of nitrogen functional groups attached to an aromatic ring is 1. The third kappa shape index (κ3) is 2.63. The van der Waals surface area contributed by atoms with Crippen LogP contribution in [0.5, 0.6) is 0 Å². The summed E-state index contributed by atoms with van der Waals surface area (Å²) in [7, 11) is 0. The van der Waals surface area contributed by atoms with Crippen molar-refractivity contribution < 1.29 is 0 Å². The SMILES string of the molecule is N#CCCCc1cccc(N)c1. The van der Waals surface area contributed by atoms with E-state index in [2.05, 4.69) is 6.07 Å². The van der Waals surface area contributed by atoms with Crippen LogP contribution >= 0.6 is 0 Å². The standard InChI is InChI=1S/C10H12N2/c11-7-2-1-4-9-5-3-6-10(12)8-9/h3,5-6,8H,1-2,4,12H2. The third-order valence-corrected chi connectivity index (χ3v) is 1.71. The summed E-state index contributed by atoms with van der Waals surface area (Å²) >= 11 is 0. The van der Waals surface area contributed by atoms with E-state index >= 15 is 0 Å². The second-order valence-electron chi connectivity index (χ2n) is 2.76. The van der Waals surface area contributed by atoms with Crippen molar-refractivity contribution in [3.05, 3.63) is 29.8 Å². The highest BCUT2D eigenvalue weighted by molar-refractivity contribution is 5.40. The Labute approximate surface area is 72.6 Å². The number of nitrogens with zero attached hydrogens (tertiary/aromatic N) is 1. The van der Waals surface area contributed by atoms with Gasteiger partial charge in [0.2, 0.25) is 0 Å². The van der Waals surface area contributed by atoms with Gasteiger partial charge < -0.3 is 5.73 Å². The van der Waals surface area contributed by atoms with Crippen LogP contribution in [0.15, 0.2) is 24.3 Å². The molecule has 0 bridgehead atoms. The topological polar surface area (TPSA) is 49.8 Å². The normalized spacial score (nSPS) is 9.25. The molecule has 0 fully saturated rings. The molecule has 0 aliphatic heterocycles. The Hall–Kier alpha value is -1.49. The first kappa shape index (κ1) is 8.61. The fraction of sp³-hybridized carbons (Fsp3) is 0.300. The molecule has 0 radical (unpaired) electrons. The van der Waals surface area contributed by atoms with Gasteiger partial charge in [-0.3, -0.25) is 0 Å². The van der Waals surface area contributed by atoms with Crippen molar-refractivity contribution in [2.45, 2.75) is 19.3 Å². The maximum Gasteiger partial charge on any atom is 0.0621 e. The Morgan fingerprint density at radius 3 is 2.92 bits per heavy atom. The molecule has 1 rings (SSSR count). The molecular formula is C10H12N2. The smallest absolute Gasteiger partial charge is 0.0621 e. The molecule has 0 unspecified atom stereocenters. The van der Waals surface area contributed by atoms with Gasteiger partial charge in [-0.25, -0.2) is 0 Å². The maximum absolute atomic E-state index is 8.32. The second kappa shape index (κ2) is 4.40. The highest BCUT2D eigenvalue weighted by Gasteiger charge is 1.92. The van der Waals surface area contributed by atoms with E-state index in [0.717, 1.165) is 18.5 Å². The first-order valence-corrected chi connectivity index (χ1v) is 4.04. The minimum absolute atomic E-state index is 0.620. The van der Waals surface area contributed by atoms with Crippen molar-refractivity contribution in [2.75, 3.05) is 5.73 Å². The zero-order chi connectivity index (χ0) is 8.81. The van der Waals surface area contributed by atoms with Gasteiger partial charge in [-0.15, -0.1) is 0 Å². The molecule has 1 aromatic carbocycles. The Kier molecular flexibility index (Phi) is 3.16. The largest absolute Gasteiger partial charge is 0.399 e. The molecule has 0 saturated heterocycles. The van der Waals surface area contributed by atoms with Gasteiger partial charge in [0.05, 0.1) is 6.07 Å². The Morgan fingerprint density at radius 2 is 2.25 bits per heavy atom. The highest BCUT2D eigenvalue weighted by atomic mass is 14.5. The summed E-state index contributed by atoms with van der Waals surface area (Å²) < 4.78 is 0. The summed E-state index contributed by atoms with van der Waals surface area (Å²) in [5.41, 5.74) is 7.61. The Balaban J connectivity index is 2.48. The van der Waals surface area contributed by atoms with Crippen LogP contribution in [-0.4, -0.2) is 0 Å². The van der Waals surface area contributed by atoms with Crippen LogP contribution in [0.2, 0.25) is 0 Å². The summed E-state index contributed by atoms with van der Waals surface area (Å²) in [5, 5.41) is 8.32. The summed E-state index contributed by atoms with van der Waals surface area (Å²) in [6, 6.07) is 9.92. The average Bonchev–Trinajstić information content (AvgIpc) is 2.05. The van der Waals surface area contributed by atoms with Crippen LogP contribution in [0.25, 0.3) is 0 Å². The molecule has 0 amide bonds.